The second kappa shape index (κ2) is 3.92. The van der Waals surface area contributed by atoms with Crippen molar-refractivity contribution in [2.45, 2.75) is 0 Å². The average molecular weight is 207 g/mol. The van der Waals surface area contributed by atoms with Crippen molar-refractivity contribution in [3.8, 4) is 23.4 Å². The summed E-state index contributed by atoms with van der Waals surface area (Å²) in [6.45, 7) is 0. The normalized spacial score (nSPS) is 9.44. The van der Waals surface area contributed by atoms with Gasteiger partial charge in [-0.25, -0.2) is 0 Å². The highest BCUT2D eigenvalue weighted by molar-refractivity contribution is 5.64. The van der Waals surface area contributed by atoms with Gasteiger partial charge in [0.2, 0.25) is 0 Å². The van der Waals surface area contributed by atoms with E-state index in [0.29, 0.717) is 11.1 Å². The molecule has 0 amide bonds. The minimum absolute atomic E-state index is 0.509. The fourth-order valence-electron chi connectivity index (χ4n) is 1.67. The quantitative estimate of drug-likeness (QED) is 0.721. The topological polar surface area (TPSA) is 52.5 Å². The summed E-state index contributed by atoms with van der Waals surface area (Å²) in [5.74, 6) is 0. The molecule has 0 unspecified atom stereocenters. The monoisotopic (exact) mass is 207 g/mol. The summed E-state index contributed by atoms with van der Waals surface area (Å²) in [6.07, 6.45) is 1.93. The highest BCUT2D eigenvalue weighted by Gasteiger charge is 2.05. The van der Waals surface area contributed by atoms with Crippen molar-refractivity contribution in [1.82, 2.24) is 4.57 Å². The molecule has 0 saturated carbocycles. The van der Waals surface area contributed by atoms with Crippen LogP contribution in [-0.4, -0.2) is 4.57 Å². The zero-order valence-electron chi connectivity index (χ0n) is 8.81. The van der Waals surface area contributed by atoms with Gasteiger partial charge in [0.25, 0.3) is 0 Å². The molecule has 2 rings (SSSR count). The molecule has 0 bridgehead atoms. The summed E-state index contributed by atoms with van der Waals surface area (Å²) >= 11 is 0. The predicted molar refractivity (Wildman–Crippen MR) is 60.3 cm³/mol. The maximum Gasteiger partial charge on any atom is 0.0992 e. The van der Waals surface area contributed by atoms with Crippen LogP contribution in [0.15, 0.2) is 36.5 Å². The number of rotatable bonds is 1. The van der Waals surface area contributed by atoms with Gasteiger partial charge in [-0.15, -0.1) is 0 Å². The Morgan fingerprint density at radius 1 is 1.06 bits per heavy atom. The molecule has 76 valence electrons. The molecule has 0 radical (unpaired) electrons. The minimum atomic E-state index is 0.509. The van der Waals surface area contributed by atoms with Crippen LogP contribution in [0.1, 0.15) is 11.1 Å². The second-order valence-corrected chi connectivity index (χ2v) is 3.53. The first-order valence-electron chi connectivity index (χ1n) is 4.81. The van der Waals surface area contributed by atoms with Crippen molar-refractivity contribution >= 4 is 0 Å². The van der Waals surface area contributed by atoms with Crippen LogP contribution in [0.5, 0.6) is 0 Å². The molecule has 16 heavy (non-hydrogen) atoms. The SMILES string of the molecule is Cn1cccc1-c1cc(C#N)cc(C#N)c1. The van der Waals surface area contributed by atoms with Crippen molar-refractivity contribution in [3.63, 3.8) is 0 Å². The van der Waals surface area contributed by atoms with E-state index in [4.69, 9.17) is 10.5 Å². The van der Waals surface area contributed by atoms with Crippen LogP contribution >= 0.6 is 0 Å². The Balaban J connectivity index is 2.63. The standard InChI is InChI=1S/C13H9N3/c1-16-4-2-3-13(16)12-6-10(8-14)5-11(7-12)9-15/h2-7H,1H3. The zero-order valence-corrected chi connectivity index (χ0v) is 8.81. The Morgan fingerprint density at radius 2 is 1.69 bits per heavy atom. The van der Waals surface area contributed by atoms with Crippen LogP contribution in [0, 0.1) is 22.7 Å². The first-order valence-corrected chi connectivity index (χ1v) is 4.81. The third kappa shape index (κ3) is 1.67. The summed E-state index contributed by atoms with van der Waals surface area (Å²) < 4.78 is 1.96. The molecule has 0 aliphatic carbocycles. The Morgan fingerprint density at radius 3 is 2.12 bits per heavy atom. The van der Waals surface area contributed by atoms with Crippen LogP contribution in [0.4, 0.5) is 0 Å². The van der Waals surface area contributed by atoms with E-state index < -0.39 is 0 Å². The van der Waals surface area contributed by atoms with Crippen molar-refractivity contribution in [1.29, 1.82) is 10.5 Å². The Hall–Kier alpha value is -2.52. The fraction of sp³-hybridized carbons (Fsp3) is 0.0769. The zero-order chi connectivity index (χ0) is 11.5. The van der Waals surface area contributed by atoms with Crippen LogP contribution in [0.3, 0.4) is 0 Å². The van der Waals surface area contributed by atoms with Crippen LogP contribution in [0.2, 0.25) is 0 Å². The smallest absolute Gasteiger partial charge is 0.0992 e. The van der Waals surface area contributed by atoms with Crippen molar-refractivity contribution in [2.75, 3.05) is 0 Å². The van der Waals surface area contributed by atoms with E-state index in [0.717, 1.165) is 11.3 Å². The Labute approximate surface area is 93.8 Å². The summed E-state index contributed by atoms with van der Waals surface area (Å²) in [4.78, 5) is 0. The molecule has 0 fully saturated rings. The number of hydrogen-bond donors (Lipinski definition) is 0. The van der Waals surface area contributed by atoms with Gasteiger partial charge >= 0.3 is 0 Å². The van der Waals surface area contributed by atoms with E-state index in [2.05, 4.69) is 12.1 Å². The van der Waals surface area contributed by atoms with Gasteiger partial charge < -0.3 is 4.57 Å². The van der Waals surface area contributed by atoms with Gasteiger partial charge in [-0.1, -0.05) is 0 Å². The lowest BCUT2D eigenvalue weighted by Crippen LogP contribution is -1.91. The summed E-state index contributed by atoms with van der Waals surface area (Å²) in [5, 5.41) is 17.8. The first-order chi connectivity index (χ1) is 7.74. The third-order valence-corrected chi connectivity index (χ3v) is 2.43. The van der Waals surface area contributed by atoms with E-state index in [1.165, 1.54) is 0 Å². The molecule has 0 atom stereocenters. The van der Waals surface area contributed by atoms with E-state index in [1.54, 1.807) is 18.2 Å². The molecule has 0 N–H and O–H groups in total. The van der Waals surface area contributed by atoms with Crippen molar-refractivity contribution in [2.24, 2.45) is 7.05 Å². The summed E-state index contributed by atoms with van der Waals surface area (Å²) in [7, 11) is 1.93. The highest BCUT2D eigenvalue weighted by Crippen LogP contribution is 2.22. The lowest BCUT2D eigenvalue weighted by Gasteiger charge is -2.04. The molecule has 1 aromatic carbocycles. The van der Waals surface area contributed by atoms with E-state index >= 15 is 0 Å². The van der Waals surface area contributed by atoms with Gasteiger partial charge in [0.1, 0.15) is 0 Å². The second-order valence-electron chi connectivity index (χ2n) is 3.53. The molecule has 3 nitrogen and oxygen atoms in total. The number of nitriles is 2. The highest BCUT2D eigenvalue weighted by atomic mass is 14.9. The van der Waals surface area contributed by atoms with Crippen LogP contribution < -0.4 is 0 Å². The molecule has 0 aliphatic heterocycles. The molecule has 0 spiro atoms. The van der Waals surface area contributed by atoms with E-state index in [-0.39, 0.29) is 0 Å². The largest absolute Gasteiger partial charge is 0.351 e. The van der Waals surface area contributed by atoms with E-state index in [9.17, 15) is 0 Å². The molecular formula is C13H9N3. The molecule has 2 aromatic rings. The van der Waals surface area contributed by atoms with Gasteiger partial charge in [-0.2, -0.15) is 10.5 Å². The minimum Gasteiger partial charge on any atom is -0.351 e. The molecule has 1 heterocycles. The average Bonchev–Trinajstić information content (AvgIpc) is 2.74. The Kier molecular flexibility index (Phi) is 2.45. The van der Waals surface area contributed by atoms with Gasteiger partial charge in [-0.3, -0.25) is 0 Å². The van der Waals surface area contributed by atoms with E-state index in [1.807, 2.05) is 29.9 Å². The number of aryl methyl sites for hydroxylation is 1. The van der Waals surface area contributed by atoms with Crippen molar-refractivity contribution < 1.29 is 0 Å². The molecule has 0 aliphatic rings. The molecular weight excluding hydrogens is 198 g/mol. The van der Waals surface area contributed by atoms with Crippen molar-refractivity contribution in [3.05, 3.63) is 47.7 Å². The number of aromatic nitrogens is 1. The van der Waals surface area contributed by atoms with Crippen LogP contribution in [-0.2, 0) is 7.05 Å². The lowest BCUT2D eigenvalue weighted by atomic mass is 10.0. The van der Waals surface area contributed by atoms with Gasteiger partial charge in [-0.05, 0) is 30.3 Å². The molecule has 1 aromatic heterocycles. The third-order valence-electron chi connectivity index (χ3n) is 2.43. The number of benzene rings is 1. The number of hydrogen-bond acceptors (Lipinski definition) is 2. The maximum absolute atomic E-state index is 8.88. The lowest BCUT2D eigenvalue weighted by molar-refractivity contribution is 0.937. The predicted octanol–water partition coefficient (Wildman–Crippen LogP) is 2.44. The van der Waals surface area contributed by atoms with Crippen LogP contribution in [0.25, 0.3) is 11.3 Å². The molecule has 3 heteroatoms. The van der Waals surface area contributed by atoms with Gasteiger partial charge in [0, 0.05) is 24.5 Å². The van der Waals surface area contributed by atoms with Gasteiger partial charge in [0.05, 0.1) is 23.3 Å². The summed E-state index contributed by atoms with van der Waals surface area (Å²) in [5.41, 5.74) is 2.90. The maximum atomic E-state index is 8.88. The Bertz CT molecular complexity index is 577. The van der Waals surface area contributed by atoms with Gasteiger partial charge in [0.15, 0.2) is 0 Å². The first kappa shape index (κ1) is 10.0. The fourth-order valence-corrected chi connectivity index (χ4v) is 1.67. The summed E-state index contributed by atoms with van der Waals surface area (Å²) in [6, 6.07) is 13.2. The number of nitrogens with zero attached hydrogens (tertiary/aromatic N) is 3. The molecule has 0 saturated heterocycles.